The van der Waals surface area contributed by atoms with Crippen LogP contribution in [0.25, 0.3) is 22.4 Å². The number of hydrogen-bond donors (Lipinski definition) is 2. The van der Waals surface area contributed by atoms with E-state index < -0.39 is 5.95 Å². The van der Waals surface area contributed by atoms with Gasteiger partial charge in [0.1, 0.15) is 29.1 Å². The van der Waals surface area contributed by atoms with Crippen molar-refractivity contribution in [1.82, 2.24) is 24.5 Å². The van der Waals surface area contributed by atoms with E-state index in [0.717, 1.165) is 16.9 Å². The number of nitrogen functional groups attached to an aromatic ring is 2. The second-order valence-electron chi connectivity index (χ2n) is 6.74. The van der Waals surface area contributed by atoms with Crippen molar-refractivity contribution in [3.63, 3.8) is 0 Å². The van der Waals surface area contributed by atoms with E-state index in [9.17, 15) is 4.39 Å². The van der Waals surface area contributed by atoms with Gasteiger partial charge in [0.15, 0.2) is 5.65 Å². The molecular weight excluding hydrogens is 373 g/mol. The molecule has 1 atom stereocenters. The van der Waals surface area contributed by atoms with Crippen molar-refractivity contribution >= 4 is 22.8 Å². The lowest BCUT2D eigenvalue weighted by atomic mass is 10.1. The molecule has 0 saturated heterocycles. The van der Waals surface area contributed by atoms with Gasteiger partial charge in [0, 0.05) is 11.6 Å². The van der Waals surface area contributed by atoms with E-state index in [1.807, 2.05) is 30.5 Å². The van der Waals surface area contributed by atoms with Crippen LogP contribution in [0.15, 0.2) is 42.5 Å². The van der Waals surface area contributed by atoms with Gasteiger partial charge < -0.3 is 20.8 Å². The number of fused-ring (bicyclic) bond motifs is 1. The van der Waals surface area contributed by atoms with Crippen LogP contribution in [0.3, 0.4) is 0 Å². The largest absolute Gasteiger partial charge is 0.473 e. The minimum absolute atomic E-state index is 0.232. The highest BCUT2D eigenvalue weighted by Crippen LogP contribution is 2.24. The molecule has 0 aliphatic carbocycles. The number of ether oxygens (including phenoxy) is 1. The molecular formula is C20H20FN7O. The van der Waals surface area contributed by atoms with Gasteiger partial charge in [-0.2, -0.15) is 9.37 Å². The lowest BCUT2D eigenvalue weighted by Gasteiger charge is -2.16. The molecule has 4 rings (SSSR count). The number of halogens is 1. The normalized spacial score (nSPS) is 12.2. The van der Waals surface area contributed by atoms with Gasteiger partial charge in [-0.05, 0) is 44.2 Å². The molecule has 0 amide bonds. The summed E-state index contributed by atoms with van der Waals surface area (Å²) >= 11 is 0. The summed E-state index contributed by atoms with van der Waals surface area (Å²) in [6.45, 7) is 4.25. The van der Waals surface area contributed by atoms with E-state index in [4.69, 9.17) is 21.2 Å². The summed E-state index contributed by atoms with van der Waals surface area (Å²) in [7, 11) is 0. The van der Waals surface area contributed by atoms with Crippen molar-refractivity contribution in [2.24, 2.45) is 0 Å². The molecule has 0 unspecified atom stereocenters. The Morgan fingerprint density at radius 3 is 2.52 bits per heavy atom. The molecule has 8 nitrogen and oxygen atoms in total. The summed E-state index contributed by atoms with van der Waals surface area (Å²) in [6.07, 6.45) is -0.280. The summed E-state index contributed by atoms with van der Waals surface area (Å²) in [4.78, 5) is 17.0. The zero-order valence-corrected chi connectivity index (χ0v) is 16.0. The van der Waals surface area contributed by atoms with E-state index in [-0.39, 0.29) is 12.0 Å². The maximum atomic E-state index is 13.3. The lowest BCUT2D eigenvalue weighted by molar-refractivity contribution is 0.190. The van der Waals surface area contributed by atoms with E-state index in [1.165, 1.54) is 6.07 Å². The number of nitrogens with two attached hydrogens (primary N) is 2. The van der Waals surface area contributed by atoms with Gasteiger partial charge in [0.2, 0.25) is 11.8 Å². The Morgan fingerprint density at radius 2 is 1.79 bits per heavy atom. The molecule has 4 aromatic heterocycles. The quantitative estimate of drug-likeness (QED) is 0.501. The van der Waals surface area contributed by atoms with Crippen molar-refractivity contribution in [2.75, 3.05) is 11.5 Å². The standard InChI is InChI=1S/C20H20FN7O/c1-11(29-19-5-3-4-16(21)26-19)10-28-12(2)24-15-7-6-14(25-20(15)28)13-8-17(22)27-18(23)9-13/h3-9,11H,10H2,1-2H3,(H4,22,23,27)/t11-/m0/s1. The average Bonchev–Trinajstić information content (AvgIpc) is 2.95. The SMILES string of the molecule is Cc1nc2ccc(-c3cc(N)nc(N)c3)nc2n1C[C@H](C)Oc1cccc(F)n1. The first-order valence-corrected chi connectivity index (χ1v) is 9.05. The minimum atomic E-state index is -0.582. The number of nitrogens with zero attached hydrogens (tertiary/aromatic N) is 5. The van der Waals surface area contributed by atoms with Crippen LogP contribution in [0.1, 0.15) is 12.7 Å². The Labute approximate surface area is 166 Å². The van der Waals surface area contributed by atoms with E-state index in [1.54, 1.807) is 24.3 Å². The Hall–Kier alpha value is -3.75. The van der Waals surface area contributed by atoms with Crippen LogP contribution in [0.2, 0.25) is 0 Å². The van der Waals surface area contributed by atoms with Gasteiger partial charge in [-0.1, -0.05) is 6.07 Å². The maximum Gasteiger partial charge on any atom is 0.216 e. The molecule has 4 N–H and O–H groups in total. The number of imidazole rings is 1. The third-order valence-corrected chi connectivity index (χ3v) is 4.39. The fourth-order valence-electron chi connectivity index (χ4n) is 3.17. The minimum Gasteiger partial charge on any atom is -0.473 e. The van der Waals surface area contributed by atoms with Crippen molar-refractivity contribution in [2.45, 2.75) is 26.5 Å². The number of hydrogen-bond acceptors (Lipinski definition) is 7. The van der Waals surface area contributed by atoms with Crippen LogP contribution in [0.4, 0.5) is 16.0 Å². The van der Waals surface area contributed by atoms with Gasteiger partial charge in [0.25, 0.3) is 0 Å². The number of aryl methyl sites for hydroxylation is 1. The highest BCUT2D eigenvalue weighted by atomic mass is 19.1. The van der Waals surface area contributed by atoms with Crippen LogP contribution in [-0.4, -0.2) is 30.6 Å². The number of anilines is 2. The Bertz CT molecular complexity index is 1170. The molecule has 148 valence electrons. The zero-order chi connectivity index (χ0) is 20.5. The number of rotatable bonds is 5. The third-order valence-electron chi connectivity index (χ3n) is 4.39. The Balaban J connectivity index is 1.66. The van der Waals surface area contributed by atoms with E-state index >= 15 is 0 Å². The summed E-state index contributed by atoms with van der Waals surface area (Å²) in [5.74, 6) is 1.10. The smallest absolute Gasteiger partial charge is 0.216 e. The molecule has 4 aromatic rings. The molecule has 0 fully saturated rings. The Morgan fingerprint density at radius 1 is 1.03 bits per heavy atom. The summed E-state index contributed by atoms with van der Waals surface area (Å²) in [6, 6.07) is 11.7. The Kier molecular flexibility index (Phi) is 4.71. The fourth-order valence-corrected chi connectivity index (χ4v) is 3.17. The van der Waals surface area contributed by atoms with Crippen molar-refractivity contribution in [3.8, 4) is 17.1 Å². The average molecular weight is 393 g/mol. The first-order chi connectivity index (χ1) is 13.9. The molecule has 0 radical (unpaired) electrons. The van der Waals surface area contributed by atoms with Crippen LogP contribution in [0, 0.1) is 12.9 Å². The molecule has 0 spiro atoms. The van der Waals surface area contributed by atoms with Crippen molar-refractivity contribution in [3.05, 3.63) is 54.2 Å². The number of aromatic nitrogens is 5. The second-order valence-corrected chi connectivity index (χ2v) is 6.74. The molecule has 4 heterocycles. The van der Waals surface area contributed by atoms with Gasteiger partial charge >= 0.3 is 0 Å². The monoisotopic (exact) mass is 393 g/mol. The third kappa shape index (κ3) is 3.93. The van der Waals surface area contributed by atoms with Gasteiger partial charge in [-0.25, -0.2) is 15.0 Å². The van der Waals surface area contributed by atoms with Crippen molar-refractivity contribution < 1.29 is 9.13 Å². The molecule has 0 aliphatic heterocycles. The molecule has 0 bridgehead atoms. The molecule has 0 aromatic carbocycles. The van der Waals surface area contributed by atoms with Crippen LogP contribution in [0.5, 0.6) is 5.88 Å². The van der Waals surface area contributed by atoms with E-state index in [0.29, 0.717) is 29.5 Å². The molecule has 9 heteroatoms. The number of pyridine rings is 3. The van der Waals surface area contributed by atoms with Gasteiger partial charge in [-0.15, -0.1) is 0 Å². The second kappa shape index (κ2) is 7.34. The van der Waals surface area contributed by atoms with Crippen molar-refractivity contribution in [1.29, 1.82) is 0 Å². The topological polar surface area (TPSA) is 118 Å². The fraction of sp³-hybridized carbons (Fsp3) is 0.200. The van der Waals surface area contributed by atoms with Crippen LogP contribution < -0.4 is 16.2 Å². The summed E-state index contributed by atoms with van der Waals surface area (Å²) in [5.41, 5.74) is 14.6. The van der Waals surface area contributed by atoms with Gasteiger partial charge in [0.05, 0.1) is 12.2 Å². The first-order valence-electron chi connectivity index (χ1n) is 9.05. The highest BCUT2D eigenvalue weighted by Gasteiger charge is 2.15. The predicted molar refractivity (Wildman–Crippen MR) is 109 cm³/mol. The predicted octanol–water partition coefficient (Wildman–Crippen LogP) is 2.97. The molecule has 29 heavy (non-hydrogen) atoms. The van der Waals surface area contributed by atoms with Crippen LogP contribution >= 0.6 is 0 Å². The highest BCUT2D eigenvalue weighted by molar-refractivity contribution is 5.77. The summed E-state index contributed by atoms with van der Waals surface area (Å²) in [5, 5.41) is 0. The summed E-state index contributed by atoms with van der Waals surface area (Å²) < 4.78 is 21.0. The van der Waals surface area contributed by atoms with E-state index in [2.05, 4.69) is 15.0 Å². The first kappa shape index (κ1) is 18.6. The maximum absolute atomic E-state index is 13.3. The molecule has 0 saturated carbocycles. The zero-order valence-electron chi connectivity index (χ0n) is 16.0. The van der Waals surface area contributed by atoms with Gasteiger partial charge in [-0.3, -0.25) is 0 Å². The van der Waals surface area contributed by atoms with Crippen LogP contribution in [-0.2, 0) is 6.54 Å². The molecule has 0 aliphatic rings. The lowest BCUT2D eigenvalue weighted by Crippen LogP contribution is -2.21.